The molecule has 0 heterocycles. The van der Waals surface area contributed by atoms with Crippen LogP contribution in [0.2, 0.25) is 0 Å². The molecule has 102 valence electrons. The van der Waals surface area contributed by atoms with E-state index in [1.807, 2.05) is 6.07 Å². The lowest BCUT2D eigenvalue weighted by Crippen LogP contribution is -2.20. The molecule has 0 fully saturated rings. The summed E-state index contributed by atoms with van der Waals surface area (Å²) < 4.78 is 5.79. The van der Waals surface area contributed by atoms with Gasteiger partial charge in [0.1, 0.15) is 5.75 Å². The molecule has 1 unspecified atom stereocenters. The Morgan fingerprint density at radius 1 is 1.22 bits per heavy atom. The highest BCUT2D eigenvalue weighted by Crippen LogP contribution is 2.31. The number of aryl methyl sites for hydroxylation is 1. The highest BCUT2D eigenvalue weighted by atomic mass is 79.9. The molecule has 2 heteroatoms. The van der Waals surface area contributed by atoms with Crippen molar-refractivity contribution >= 4 is 15.9 Å². The van der Waals surface area contributed by atoms with E-state index >= 15 is 0 Å². The Hall–Kier alpha value is -0.500. The molecule has 18 heavy (non-hydrogen) atoms. The first-order valence-electron chi connectivity index (χ1n) is 6.80. The lowest BCUT2D eigenvalue weighted by atomic mass is 9.88. The number of hydrogen-bond acceptors (Lipinski definition) is 1. The second-order valence-corrected chi connectivity index (χ2v) is 6.93. The molecule has 1 aromatic carbocycles. The van der Waals surface area contributed by atoms with Gasteiger partial charge in [0.05, 0.1) is 6.61 Å². The quantitative estimate of drug-likeness (QED) is 0.654. The minimum absolute atomic E-state index is 0.305. The van der Waals surface area contributed by atoms with Crippen molar-refractivity contribution in [2.45, 2.75) is 51.8 Å². The van der Waals surface area contributed by atoms with Crippen LogP contribution >= 0.6 is 15.9 Å². The van der Waals surface area contributed by atoms with Crippen LogP contribution in [-0.2, 0) is 6.42 Å². The van der Waals surface area contributed by atoms with Gasteiger partial charge >= 0.3 is 0 Å². The van der Waals surface area contributed by atoms with Gasteiger partial charge in [0, 0.05) is 4.83 Å². The largest absolute Gasteiger partial charge is 0.493 e. The summed E-state index contributed by atoms with van der Waals surface area (Å²) >= 11 is 3.79. The number of para-hydroxylation sites is 1. The summed E-state index contributed by atoms with van der Waals surface area (Å²) in [7, 11) is 0. The third kappa shape index (κ3) is 5.01. The molecule has 1 aromatic rings. The van der Waals surface area contributed by atoms with Gasteiger partial charge in [0.25, 0.3) is 0 Å². The van der Waals surface area contributed by atoms with Gasteiger partial charge in [-0.15, -0.1) is 0 Å². The molecule has 0 aliphatic heterocycles. The van der Waals surface area contributed by atoms with E-state index in [0.29, 0.717) is 10.2 Å². The Kier molecular flexibility index (Phi) is 6.20. The van der Waals surface area contributed by atoms with Crippen molar-refractivity contribution in [2.24, 2.45) is 5.41 Å². The second-order valence-electron chi connectivity index (χ2n) is 5.83. The van der Waals surface area contributed by atoms with Gasteiger partial charge in [-0.1, -0.05) is 61.8 Å². The summed E-state index contributed by atoms with van der Waals surface area (Å²) in [6.45, 7) is 9.74. The predicted molar refractivity (Wildman–Crippen MR) is 82.7 cm³/mol. The molecule has 0 saturated heterocycles. The Balaban J connectivity index is 2.61. The van der Waals surface area contributed by atoms with Crippen LogP contribution in [0.15, 0.2) is 24.3 Å². The zero-order valence-corrected chi connectivity index (χ0v) is 13.6. The number of halogens is 1. The van der Waals surface area contributed by atoms with Gasteiger partial charge in [0.15, 0.2) is 0 Å². The lowest BCUT2D eigenvalue weighted by molar-refractivity contribution is 0.313. The van der Waals surface area contributed by atoms with Crippen LogP contribution in [0.1, 0.15) is 46.1 Å². The molecule has 1 rings (SSSR count). The van der Waals surface area contributed by atoms with Crippen LogP contribution in [0.3, 0.4) is 0 Å². The summed E-state index contributed by atoms with van der Waals surface area (Å²) in [5.41, 5.74) is 1.62. The van der Waals surface area contributed by atoms with E-state index in [4.69, 9.17) is 4.74 Å². The van der Waals surface area contributed by atoms with Crippen LogP contribution in [-0.4, -0.2) is 11.4 Å². The predicted octanol–water partition coefficient (Wildman–Crippen LogP) is 5.22. The van der Waals surface area contributed by atoms with Crippen molar-refractivity contribution in [3.63, 3.8) is 0 Å². The summed E-state index contributed by atoms with van der Waals surface area (Å²) in [5, 5.41) is 0. The number of rotatable bonds is 6. The van der Waals surface area contributed by atoms with Crippen LogP contribution in [0, 0.1) is 5.41 Å². The summed E-state index contributed by atoms with van der Waals surface area (Å²) in [6.07, 6.45) is 3.25. The number of benzene rings is 1. The number of hydrogen-bond donors (Lipinski definition) is 0. The van der Waals surface area contributed by atoms with Crippen LogP contribution < -0.4 is 4.74 Å². The normalized spacial score (nSPS) is 13.4. The Bertz CT molecular complexity index is 354. The Morgan fingerprint density at radius 3 is 2.50 bits per heavy atom. The lowest BCUT2D eigenvalue weighted by Gasteiger charge is -2.25. The standard InChI is InChI=1S/C16H25BrO/c1-5-12-18-14-9-7-6-8-13(14)10-11-15(17)16(2,3)4/h6-9,15H,5,10-12H2,1-4H3. The van der Waals surface area contributed by atoms with Crippen molar-refractivity contribution in [3.8, 4) is 5.75 Å². The van der Waals surface area contributed by atoms with Crippen molar-refractivity contribution < 1.29 is 4.74 Å². The van der Waals surface area contributed by atoms with Gasteiger partial charge < -0.3 is 4.74 Å². The Morgan fingerprint density at radius 2 is 1.89 bits per heavy atom. The summed E-state index contributed by atoms with van der Waals surface area (Å²) in [5.74, 6) is 1.05. The van der Waals surface area contributed by atoms with E-state index < -0.39 is 0 Å². The average molecular weight is 313 g/mol. The van der Waals surface area contributed by atoms with E-state index in [2.05, 4.69) is 61.8 Å². The minimum atomic E-state index is 0.305. The molecule has 1 nitrogen and oxygen atoms in total. The van der Waals surface area contributed by atoms with Crippen molar-refractivity contribution in [1.29, 1.82) is 0 Å². The van der Waals surface area contributed by atoms with Crippen molar-refractivity contribution in [2.75, 3.05) is 6.61 Å². The second kappa shape index (κ2) is 7.18. The highest BCUT2D eigenvalue weighted by molar-refractivity contribution is 9.09. The van der Waals surface area contributed by atoms with Gasteiger partial charge in [0.2, 0.25) is 0 Å². The summed E-state index contributed by atoms with van der Waals surface area (Å²) in [6, 6.07) is 8.39. The van der Waals surface area contributed by atoms with E-state index in [1.54, 1.807) is 0 Å². The smallest absolute Gasteiger partial charge is 0.122 e. The van der Waals surface area contributed by atoms with E-state index in [0.717, 1.165) is 31.6 Å². The van der Waals surface area contributed by atoms with Gasteiger partial charge in [-0.25, -0.2) is 0 Å². The van der Waals surface area contributed by atoms with E-state index in [-0.39, 0.29) is 0 Å². The van der Waals surface area contributed by atoms with Crippen LogP contribution in [0.5, 0.6) is 5.75 Å². The molecule has 0 aromatic heterocycles. The van der Waals surface area contributed by atoms with Gasteiger partial charge in [-0.3, -0.25) is 0 Å². The topological polar surface area (TPSA) is 9.23 Å². The van der Waals surface area contributed by atoms with Crippen LogP contribution in [0.25, 0.3) is 0 Å². The maximum Gasteiger partial charge on any atom is 0.122 e. The first-order chi connectivity index (χ1) is 8.45. The molecule has 0 radical (unpaired) electrons. The summed E-state index contributed by atoms with van der Waals surface area (Å²) in [4.78, 5) is 0.532. The maximum atomic E-state index is 5.79. The molecule has 0 spiro atoms. The molecular weight excluding hydrogens is 288 g/mol. The fourth-order valence-electron chi connectivity index (χ4n) is 1.78. The molecular formula is C16H25BrO. The molecule has 0 saturated carbocycles. The molecule has 0 amide bonds. The monoisotopic (exact) mass is 312 g/mol. The van der Waals surface area contributed by atoms with Crippen LogP contribution in [0.4, 0.5) is 0 Å². The number of alkyl halides is 1. The SMILES string of the molecule is CCCOc1ccccc1CCC(Br)C(C)(C)C. The average Bonchev–Trinajstić information content (AvgIpc) is 2.33. The third-order valence-electron chi connectivity index (χ3n) is 3.04. The fraction of sp³-hybridized carbons (Fsp3) is 0.625. The molecule has 0 bridgehead atoms. The molecule has 0 N–H and O–H groups in total. The first kappa shape index (κ1) is 15.6. The zero-order valence-electron chi connectivity index (χ0n) is 12.0. The third-order valence-corrected chi connectivity index (χ3v) is 4.87. The fourth-order valence-corrected chi connectivity index (χ4v) is 2.01. The first-order valence-corrected chi connectivity index (χ1v) is 7.71. The Labute approximate surface area is 120 Å². The minimum Gasteiger partial charge on any atom is -0.493 e. The maximum absolute atomic E-state index is 5.79. The zero-order chi connectivity index (χ0) is 13.6. The van der Waals surface area contributed by atoms with Crippen molar-refractivity contribution in [3.05, 3.63) is 29.8 Å². The van der Waals surface area contributed by atoms with Crippen molar-refractivity contribution in [1.82, 2.24) is 0 Å². The highest BCUT2D eigenvalue weighted by Gasteiger charge is 2.21. The van der Waals surface area contributed by atoms with Gasteiger partial charge in [-0.05, 0) is 36.3 Å². The van der Waals surface area contributed by atoms with E-state index in [9.17, 15) is 0 Å². The van der Waals surface area contributed by atoms with E-state index in [1.165, 1.54) is 5.56 Å². The number of ether oxygens (including phenoxy) is 1. The van der Waals surface area contributed by atoms with Gasteiger partial charge in [-0.2, -0.15) is 0 Å². The molecule has 0 aliphatic carbocycles. The molecule has 1 atom stereocenters. The molecule has 0 aliphatic rings.